The first-order valence-electron chi connectivity index (χ1n) is 7.16. The van der Waals surface area contributed by atoms with Gasteiger partial charge in [0.2, 0.25) is 10.0 Å². The Kier molecular flexibility index (Phi) is 4.15. The second kappa shape index (κ2) is 5.81. The van der Waals surface area contributed by atoms with Crippen LogP contribution in [0.4, 0.5) is 0 Å². The van der Waals surface area contributed by atoms with E-state index in [4.69, 9.17) is 16.7 Å². The van der Waals surface area contributed by atoms with Crippen LogP contribution in [0.1, 0.15) is 23.2 Å². The summed E-state index contributed by atoms with van der Waals surface area (Å²) >= 11 is 5.79. The molecule has 3 rings (SSSR count). The lowest BCUT2D eigenvalue weighted by atomic mass is 10.2. The molecule has 0 spiro atoms. The first kappa shape index (κ1) is 15.7. The summed E-state index contributed by atoms with van der Waals surface area (Å²) < 4.78 is 26.7. The van der Waals surface area contributed by atoms with E-state index < -0.39 is 16.0 Å². The van der Waals surface area contributed by atoms with Crippen LogP contribution in [0.25, 0.3) is 0 Å². The van der Waals surface area contributed by atoms with Gasteiger partial charge in [0.1, 0.15) is 0 Å². The van der Waals surface area contributed by atoms with Crippen molar-refractivity contribution in [3.8, 4) is 0 Å². The van der Waals surface area contributed by atoms with Gasteiger partial charge in [-0.2, -0.15) is 4.31 Å². The van der Waals surface area contributed by atoms with Crippen molar-refractivity contribution in [3.05, 3.63) is 28.8 Å². The predicted molar refractivity (Wildman–Crippen MR) is 81.8 cm³/mol. The predicted octanol–water partition coefficient (Wildman–Crippen LogP) is 1.51. The van der Waals surface area contributed by atoms with Crippen molar-refractivity contribution in [3.63, 3.8) is 0 Å². The van der Waals surface area contributed by atoms with Gasteiger partial charge in [0.25, 0.3) is 0 Å². The number of hydrogen-bond acceptors (Lipinski definition) is 4. The van der Waals surface area contributed by atoms with Crippen LogP contribution in [0.5, 0.6) is 0 Å². The number of halogens is 1. The van der Waals surface area contributed by atoms with E-state index in [-0.39, 0.29) is 15.5 Å². The molecule has 1 saturated heterocycles. The lowest BCUT2D eigenvalue weighted by Gasteiger charge is -2.34. The molecule has 120 valence electrons. The average Bonchev–Trinajstić information content (AvgIpc) is 3.32. The maximum absolute atomic E-state index is 12.6. The number of hydrogen-bond donors (Lipinski definition) is 1. The van der Waals surface area contributed by atoms with Crippen LogP contribution in [0, 0.1) is 0 Å². The van der Waals surface area contributed by atoms with E-state index in [0.717, 1.165) is 19.2 Å². The smallest absolute Gasteiger partial charge is 0.337 e. The lowest BCUT2D eigenvalue weighted by molar-refractivity contribution is 0.0697. The number of carbonyl (C=O) groups is 1. The van der Waals surface area contributed by atoms with E-state index in [1.807, 2.05) is 0 Å². The molecular formula is C14H17ClN2O4S. The highest BCUT2D eigenvalue weighted by atomic mass is 35.5. The molecule has 1 aliphatic heterocycles. The van der Waals surface area contributed by atoms with Gasteiger partial charge in [-0.05, 0) is 31.0 Å². The standard InChI is InChI=1S/C14H17ClN2O4S/c15-13-4-3-11(9-12(13)14(18)19)22(20,21)17-7-5-16(6-8-17)10-1-2-10/h3-4,9-10H,1-2,5-8H2,(H,18,19). The number of carboxylic acids is 1. The molecule has 2 fully saturated rings. The van der Waals surface area contributed by atoms with E-state index in [2.05, 4.69) is 4.90 Å². The summed E-state index contributed by atoms with van der Waals surface area (Å²) in [5.41, 5.74) is -0.195. The normalized spacial score (nSPS) is 21.0. The molecule has 0 unspecified atom stereocenters. The van der Waals surface area contributed by atoms with Gasteiger partial charge in [-0.1, -0.05) is 11.6 Å². The average molecular weight is 345 g/mol. The van der Waals surface area contributed by atoms with Gasteiger partial charge in [0.15, 0.2) is 0 Å². The van der Waals surface area contributed by atoms with Gasteiger partial charge >= 0.3 is 5.97 Å². The number of carboxylic acid groups (broad SMARTS) is 1. The van der Waals surface area contributed by atoms with Gasteiger partial charge in [-0.25, -0.2) is 13.2 Å². The molecule has 0 radical (unpaired) electrons. The van der Waals surface area contributed by atoms with Crippen LogP contribution in [-0.4, -0.2) is 60.9 Å². The third-order valence-corrected chi connectivity index (χ3v) is 6.37. The molecule has 1 aromatic carbocycles. The van der Waals surface area contributed by atoms with Crippen molar-refractivity contribution >= 4 is 27.6 Å². The third kappa shape index (κ3) is 2.99. The van der Waals surface area contributed by atoms with Gasteiger partial charge < -0.3 is 5.11 Å². The number of rotatable bonds is 4. The first-order valence-corrected chi connectivity index (χ1v) is 8.98. The molecule has 1 N–H and O–H groups in total. The van der Waals surface area contributed by atoms with Crippen molar-refractivity contribution < 1.29 is 18.3 Å². The highest BCUT2D eigenvalue weighted by Crippen LogP contribution is 2.29. The fraction of sp³-hybridized carbons (Fsp3) is 0.500. The van der Waals surface area contributed by atoms with Gasteiger partial charge in [-0.15, -0.1) is 0 Å². The number of aromatic carboxylic acids is 1. The number of piperazine rings is 1. The topological polar surface area (TPSA) is 77.9 Å². The summed E-state index contributed by atoms with van der Waals surface area (Å²) in [7, 11) is -3.68. The van der Waals surface area contributed by atoms with Crippen molar-refractivity contribution in [1.82, 2.24) is 9.21 Å². The molecule has 1 saturated carbocycles. The van der Waals surface area contributed by atoms with E-state index in [1.165, 1.54) is 29.3 Å². The van der Waals surface area contributed by atoms with Crippen LogP contribution in [0.15, 0.2) is 23.1 Å². The molecule has 2 aliphatic rings. The fourth-order valence-corrected chi connectivity index (χ4v) is 4.37. The Hall–Kier alpha value is -1.15. The van der Waals surface area contributed by atoms with Crippen LogP contribution < -0.4 is 0 Å². The van der Waals surface area contributed by atoms with Crippen LogP contribution in [0.2, 0.25) is 5.02 Å². The van der Waals surface area contributed by atoms with Gasteiger partial charge in [0, 0.05) is 32.2 Å². The van der Waals surface area contributed by atoms with E-state index >= 15 is 0 Å². The van der Waals surface area contributed by atoms with E-state index in [0.29, 0.717) is 19.1 Å². The van der Waals surface area contributed by atoms with Gasteiger partial charge in [-0.3, -0.25) is 4.90 Å². The minimum atomic E-state index is -3.68. The van der Waals surface area contributed by atoms with Crippen LogP contribution in [0.3, 0.4) is 0 Å². The maximum atomic E-state index is 12.6. The van der Waals surface area contributed by atoms with Crippen LogP contribution >= 0.6 is 11.6 Å². The SMILES string of the molecule is O=C(O)c1cc(S(=O)(=O)N2CCN(C3CC3)CC2)ccc1Cl. The third-order valence-electron chi connectivity index (χ3n) is 4.14. The number of nitrogens with zero attached hydrogens (tertiary/aromatic N) is 2. The molecule has 0 atom stereocenters. The fourth-order valence-electron chi connectivity index (χ4n) is 2.73. The largest absolute Gasteiger partial charge is 0.478 e. The Morgan fingerprint density at radius 2 is 1.82 bits per heavy atom. The highest BCUT2D eigenvalue weighted by Gasteiger charge is 2.35. The lowest BCUT2D eigenvalue weighted by Crippen LogP contribution is -2.49. The summed E-state index contributed by atoms with van der Waals surface area (Å²) in [5.74, 6) is -1.24. The summed E-state index contributed by atoms with van der Waals surface area (Å²) in [6.45, 7) is 2.32. The number of sulfonamides is 1. The second-order valence-corrected chi connectivity index (χ2v) is 7.96. The zero-order chi connectivity index (χ0) is 15.9. The van der Waals surface area contributed by atoms with Crippen molar-refractivity contribution in [2.45, 2.75) is 23.8 Å². The Morgan fingerprint density at radius 3 is 2.36 bits per heavy atom. The molecule has 0 amide bonds. The molecule has 22 heavy (non-hydrogen) atoms. The first-order chi connectivity index (χ1) is 10.4. The van der Waals surface area contributed by atoms with E-state index in [9.17, 15) is 13.2 Å². The maximum Gasteiger partial charge on any atom is 0.337 e. The molecular weight excluding hydrogens is 328 g/mol. The van der Waals surface area contributed by atoms with Gasteiger partial charge in [0.05, 0.1) is 15.5 Å². The monoisotopic (exact) mass is 344 g/mol. The summed E-state index contributed by atoms with van der Waals surface area (Å²) in [5, 5.41) is 9.10. The molecule has 6 nitrogen and oxygen atoms in total. The Balaban J connectivity index is 1.81. The molecule has 0 bridgehead atoms. The zero-order valence-corrected chi connectivity index (χ0v) is 13.5. The zero-order valence-electron chi connectivity index (χ0n) is 11.9. The molecule has 8 heteroatoms. The minimum Gasteiger partial charge on any atom is -0.478 e. The molecule has 1 aromatic rings. The Morgan fingerprint density at radius 1 is 1.18 bits per heavy atom. The Bertz CT molecular complexity index is 695. The van der Waals surface area contributed by atoms with Crippen molar-refractivity contribution in [2.24, 2.45) is 0 Å². The van der Waals surface area contributed by atoms with Crippen LogP contribution in [-0.2, 0) is 10.0 Å². The second-order valence-electron chi connectivity index (χ2n) is 5.62. The minimum absolute atomic E-state index is 0.0193. The highest BCUT2D eigenvalue weighted by molar-refractivity contribution is 7.89. The van der Waals surface area contributed by atoms with Crippen molar-refractivity contribution in [1.29, 1.82) is 0 Å². The van der Waals surface area contributed by atoms with E-state index in [1.54, 1.807) is 0 Å². The summed E-state index contributed by atoms with van der Waals surface area (Å²) in [6.07, 6.45) is 2.40. The molecule has 1 aliphatic carbocycles. The molecule has 1 heterocycles. The number of benzene rings is 1. The summed E-state index contributed by atoms with van der Waals surface area (Å²) in [6, 6.07) is 4.43. The Labute approximate surface area is 134 Å². The van der Waals surface area contributed by atoms with Crippen molar-refractivity contribution in [2.75, 3.05) is 26.2 Å². The quantitative estimate of drug-likeness (QED) is 0.895. The summed E-state index contributed by atoms with van der Waals surface area (Å²) in [4.78, 5) is 13.4. The molecule has 0 aromatic heterocycles.